The van der Waals surface area contributed by atoms with Crippen LogP contribution in [0.25, 0.3) is 5.69 Å². The van der Waals surface area contributed by atoms with E-state index in [2.05, 4.69) is 11.2 Å². The largest absolute Gasteiger partial charge is 0.238 e. The lowest BCUT2D eigenvalue weighted by molar-refractivity contribution is 0.833. The minimum Gasteiger partial charge on any atom is -0.238 e. The Hall–Kier alpha value is -1.79. The van der Waals surface area contributed by atoms with Gasteiger partial charge in [0.25, 0.3) is 0 Å². The average Bonchev–Trinajstić information content (AvgIpc) is 2.59. The highest BCUT2D eigenvalue weighted by Gasteiger charge is 2.11. The van der Waals surface area contributed by atoms with E-state index in [-0.39, 0.29) is 0 Å². The summed E-state index contributed by atoms with van der Waals surface area (Å²) in [7, 11) is 0. The summed E-state index contributed by atoms with van der Waals surface area (Å²) in [6.07, 6.45) is 0.394. The topological polar surface area (TPSA) is 41.6 Å². The predicted octanol–water partition coefficient (Wildman–Crippen LogP) is 3.21. The molecule has 4 heteroatoms. The molecule has 0 amide bonds. The number of hydrogen-bond donors (Lipinski definition) is 0. The second-order valence-electron chi connectivity index (χ2n) is 3.87. The molecule has 0 atom stereocenters. The van der Waals surface area contributed by atoms with E-state index in [9.17, 15) is 0 Å². The van der Waals surface area contributed by atoms with Gasteiger partial charge in [-0.3, -0.25) is 0 Å². The van der Waals surface area contributed by atoms with E-state index < -0.39 is 0 Å². The van der Waals surface area contributed by atoms with Crippen molar-refractivity contribution in [2.45, 2.75) is 20.3 Å². The number of hydrogen-bond acceptors (Lipinski definition) is 2. The van der Waals surface area contributed by atoms with Gasteiger partial charge < -0.3 is 0 Å². The van der Waals surface area contributed by atoms with Gasteiger partial charge in [0.05, 0.1) is 23.9 Å². The molecule has 2 rings (SSSR count). The fourth-order valence-corrected chi connectivity index (χ4v) is 1.97. The summed E-state index contributed by atoms with van der Waals surface area (Å²) in [6.45, 7) is 3.90. The van der Waals surface area contributed by atoms with Crippen LogP contribution in [0.4, 0.5) is 0 Å². The molecule has 86 valence electrons. The summed E-state index contributed by atoms with van der Waals surface area (Å²) in [6, 6.07) is 9.66. The monoisotopic (exact) mass is 245 g/mol. The Kier molecular flexibility index (Phi) is 3.16. The molecule has 1 aromatic carbocycles. The summed E-state index contributed by atoms with van der Waals surface area (Å²) >= 11 is 5.85. The molecule has 17 heavy (non-hydrogen) atoms. The zero-order valence-corrected chi connectivity index (χ0v) is 10.5. The third-order valence-electron chi connectivity index (χ3n) is 2.77. The van der Waals surface area contributed by atoms with E-state index in [0.717, 1.165) is 22.6 Å². The highest BCUT2D eigenvalue weighted by atomic mass is 35.5. The van der Waals surface area contributed by atoms with Gasteiger partial charge in [0.15, 0.2) is 0 Å². The maximum atomic E-state index is 8.78. The van der Waals surface area contributed by atoms with Crippen LogP contribution in [0, 0.1) is 25.2 Å². The van der Waals surface area contributed by atoms with Crippen LogP contribution in [0.1, 0.15) is 17.0 Å². The van der Waals surface area contributed by atoms with Gasteiger partial charge in [0.2, 0.25) is 0 Å². The van der Waals surface area contributed by atoms with Crippen molar-refractivity contribution < 1.29 is 0 Å². The Bertz CT molecular complexity index is 576. The van der Waals surface area contributed by atoms with Crippen molar-refractivity contribution in [3.8, 4) is 11.8 Å². The van der Waals surface area contributed by atoms with Crippen molar-refractivity contribution in [1.82, 2.24) is 9.78 Å². The molecule has 0 spiro atoms. The normalized spacial score (nSPS) is 10.2. The Balaban J connectivity index is 2.50. The second-order valence-corrected chi connectivity index (χ2v) is 4.31. The van der Waals surface area contributed by atoms with Crippen LogP contribution in [0.5, 0.6) is 0 Å². The Morgan fingerprint density at radius 1 is 1.29 bits per heavy atom. The maximum absolute atomic E-state index is 8.78. The lowest BCUT2D eigenvalue weighted by atomic mass is 10.1. The molecule has 0 radical (unpaired) electrons. The first-order chi connectivity index (χ1) is 8.13. The number of aromatic nitrogens is 2. The zero-order valence-electron chi connectivity index (χ0n) is 9.74. The van der Waals surface area contributed by atoms with Crippen molar-refractivity contribution in [2.24, 2.45) is 0 Å². The van der Waals surface area contributed by atoms with Gasteiger partial charge in [-0.2, -0.15) is 10.4 Å². The molecule has 0 aliphatic rings. The molecule has 1 heterocycles. The van der Waals surface area contributed by atoms with E-state index in [1.54, 1.807) is 0 Å². The van der Waals surface area contributed by atoms with Crippen LogP contribution in [0.3, 0.4) is 0 Å². The first-order valence-electron chi connectivity index (χ1n) is 5.31. The van der Waals surface area contributed by atoms with Crippen molar-refractivity contribution in [2.75, 3.05) is 0 Å². The highest BCUT2D eigenvalue weighted by Crippen LogP contribution is 2.19. The van der Waals surface area contributed by atoms with E-state index >= 15 is 0 Å². The second kappa shape index (κ2) is 4.60. The fourth-order valence-electron chi connectivity index (χ4n) is 1.84. The molecule has 0 fully saturated rings. The zero-order chi connectivity index (χ0) is 12.4. The Morgan fingerprint density at radius 3 is 2.53 bits per heavy atom. The summed E-state index contributed by atoms with van der Waals surface area (Å²) in [5, 5.41) is 13.9. The minimum atomic E-state index is 0.394. The standard InChI is InChI=1S/C13H12ClN3/c1-9-13(7-8-15)10(2)17(16-9)12-5-3-11(14)4-6-12/h3-6H,7H2,1-2H3. The van der Waals surface area contributed by atoms with E-state index in [4.69, 9.17) is 16.9 Å². The summed E-state index contributed by atoms with van der Waals surface area (Å²) in [5.41, 5.74) is 3.87. The van der Waals surface area contributed by atoms with Gasteiger partial charge in [-0.1, -0.05) is 11.6 Å². The van der Waals surface area contributed by atoms with Crippen molar-refractivity contribution >= 4 is 11.6 Å². The molecular weight excluding hydrogens is 234 g/mol. The minimum absolute atomic E-state index is 0.394. The van der Waals surface area contributed by atoms with Crippen LogP contribution in [-0.2, 0) is 6.42 Å². The number of rotatable bonds is 2. The fraction of sp³-hybridized carbons (Fsp3) is 0.231. The first kappa shape index (κ1) is 11.7. The number of nitrogens with zero attached hydrogens (tertiary/aromatic N) is 3. The number of benzene rings is 1. The third kappa shape index (κ3) is 2.17. The molecule has 0 aliphatic carbocycles. The van der Waals surface area contributed by atoms with Crippen molar-refractivity contribution in [1.29, 1.82) is 5.26 Å². The van der Waals surface area contributed by atoms with Crippen molar-refractivity contribution in [3.05, 3.63) is 46.2 Å². The van der Waals surface area contributed by atoms with Gasteiger partial charge >= 0.3 is 0 Å². The lowest BCUT2D eigenvalue weighted by Gasteiger charge is -2.04. The summed E-state index contributed by atoms with van der Waals surface area (Å²) < 4.78 is 1.85. The van der Waals surface area contributed by atoms with Gasteiger partial charge in [0.1, 0.15) is 0 Å². The smallest absolute Gasteiger partial charge is 0.0671 e. The Labute approximate surface area is 105 Å². The number of nitriles is 1. The van der Waals surface area contributed by atoms with Gasteiger partial charge in [-0.25, -0.2) is 4.68 Å². The van der Waals surface area contributed by atoms with E-state index in [1.807, 2.05) is 42.8 Å². The molecule has 2 aromatic rings. The van der Waals surface area contributed by atoms with Gasteiger partial charge in [-0.15, -0.1) is 0 Å². The summed E-state index contributed by atoms with van der Waals surface area (Å²) in [5.74, 6) is 0. The molecule has 0 N–H and O–H groups in total. The molecule has 0 saturated carbocycles. The van der Waals surface area contributed by atoms with Crippen LogP contribution in [-0.4, -0.2) is 9.78 Å². The maximum Gasteiger partial charge on any atom is 0.0671 e. The predicted molar refractivity (Wildman–Crippen MR) is 67.4 cm³/mol. The van der Waals surface area contributed by atoms with Crippen molar-refractivity contribution in [3.63, 3.8) is 0 Å². The molecule has 3 nitrogen and oxygen atoms in total. The summed E-state index contributed by atoms with van der Waals surface area (Å²) in [4.78, 5) is 0. The average molecular weight is 246 g/mol. The number of aryl methyl sites for hydroxylation is 1. The van der Waals surface area contributed by atoms with Gasteiger partial charge in [0, 0.05) is 16.3 Å². The molecule has 0 bridgehead atoms. The highest BCUT2D eigenvalue weighted by molar-refractivity contribution is 6.30. The first-order valence-corrected chi connectivity index (χ1v) is 5.69. The van der Waals surface area contributed by atoms with Crippen LogP contribution in [0.2, 0.25) is 5.02 Å². The Morgan fingerprint density at radius 2 is 1.94 bits per heavy atom. The number of halogens is 1. The third-order valence-corrected chi connectivity index (χ3v) is 3.02. The lowest BCUT2D eigenvalue weighted by Crippen LogP contribution is -1.99. The van der Waals surface area contributed by atoms with Gasteiger partial charge in [-0.05, 0) is 38.1 Å². The molecular formula is C13H12ClN3. The van der Waals surface area contributed by atoms with Crippen LogP contribution < -0.4 is 0 Å². The van der Waals surface area contributed by atoms with Crippen LogP contribution >= 0.6 is 11.6 Å². The quantitative estimate of drug-likeness (QED) is 0.815. The molecule has 0 saturated heterocycles. The molecule has 1 aromatic heterocycles. The van der Waals surface area contributed by atoms with E-state index in [0.29, 0.717) is 11.4 Å². The van der Waals surface area contributed by atoms with Crippen LogP contribution in [0.15, 0.2) is 24.3 Å². The molecule has 0 aliphatic heterocycles. The van der Waals surface area contributed by atoms with E-state index in [1.165, 1.54) is 0 Å². The molecule has 0 unspecified atom stereocenters. The SMILES string of the molecule is Cc1nn(-c2ccc(Cl)cc2)c(C)c1CC#N.